The molecule has 4 nitrogen and oxygen atoms in total. The Kier molecular flexibility index (Phi) is 8.21. The number of hydrogen-bond donors (Lipinski definition) is 3. The zero-order valence-corrected chi connectivity index (χ0v) is 10.9. The maximum absolute atomic E-state index is 11.5. The molecule has 0 spiro atoms. The molecular weight excluding hydrogens is 204 g/mol. The quantitative estimate of drug-likeness (QED) is 0.580. The first kappa shape index (κ1) is 15.4. The molecule has 0 saturated heterocycles. The molecule has 0 aromatic rings. The minimum absolute atomic E-state index is 0.0389. The van der Waals surface area contributed by atoms with Gasteiger partial charge in [0.15, 0.2) is 0 Å². The summed E-state index contributed by atoms with van der Waals surface area (Å²) in [4.78, 5) is 11.5. The summed E-state index contributed by atoms with van der Waals surface area (Å²) in [6, 6.07) is 0.481. The number of amides is 1. The van der Waals surface area contributed by atoms with E-state index >= 15 is 0 Å². The van der Waals surface area contributed by atoms with E-state index in [9.17, 15) is 4.79 Å². The molecular formula is C12H26N2O2. The van der Waals surface area contributed by atoms with Gasteiger partial charge in [-0.2, -0.15) is 0 Å². The number of nitrogens with one attached hydrogen (secondary N) is 2. The minimum Gasteiger partial charge on any atom is -0.396 e. The van der Waals surface area contributed by atoms with Gasteiger partial charge in [0.05, 0.1) is 6.54 Å². The Morgan fingerprint density at radius 3 is 2.38 bits per heavy atom. The molecule has 2 unspecified atom stereocenters. The van der Waals surface area contributed by atoms with E-state index in [1.54, 1.807) is 0 Å². The van der Waals surface area contributed by atoms with Crippen molar-refractivity contribution < 1.29 is 9.90 Å². The van der Waals surface area contributed by atoms with Crippen molar-refractivity contribution in [1.29, 1.82) is 0 Å². The molecule has 0 bridgehead atoms. The highest BCUT2D eigenvalue weighted by Gasteiger charge is 2.11. The van der Waals surface area contributed by atoms with Crippen LogP contribution in [0.5, 0.6) is 0 Å². The van der Waals surface area contributed by atoms with Gasteiger partial charge < -0.3 is 15.7 Å². The molecule has 4 heteroatoms. The molecule has 0 aromatic carbocycles. The molecule has 0 rings (SSSR count). The van der Waals surface area contributed by atoms with Crippen LogP contribution in [0, 0.1) is 5.92 Å². The Hall–Kier alpha value is -0.610. The van der Waals surface area contributed by atoms with Crippen LogP contribution in [0.3, 0.4) is 0 Å². The molecule has 0 aliphatic heterocycles. The number of aliphatic hydroxyl groups is 1. The maximum atomic E-state index is 11.5. The summed E-state index contributed by atoms with van der Waals surface area (Å²) in [5.41, 5.74) is 0. The second-order valence-electron chi connectivity index (χ2n) is 4.75. The number of hydrogen-bond acceptors (Lipinski definition) is 3. The third-order valence-electron chi connectivity index (χ3n) is 2.79. The van der Waals surface area contributed by atoms with Crippen LogP contribution in [0.25, 0.3) is 0 Å². The predicted molar refractivity (Wildman–Crippen MR) is 66.2 cm³/mol. The van der Waals surface area contributed by atoms with Crippen molar-refractivity contribution in [2.45, 2.75) is 52.6 Å². The van der Waals surface area contributed by atoms with E-state index < -0.39 is 0 Å². The molecule has 0 aliphatic rings. The number of rotatable bonds is 8. The first-order chi connectivity index (χ1) is 7.47. The van der Waals surface area contributed by atoms with Gasteiger partial charge in [0.1, 0.15) is 0 Å². The molecule has 96 valence electrons. The van der Waals surface area contributed by atoms with Gasteiger partial charge in [-0.15, -0.1) is 0 Å². The molecule has 1 amide bonds. The minimum atomic E-state index is 0.0389. The fraction of sp³-hybridized carbons (Fsp3) is 0.917. The van der Waals surface area contributed by atoms with Gasteiger partial charge >= 0.3 is 0 Å². The lowest BCUT2D eigenvalue weighted by Crippen LogP contribution is -2.43. The SMILES string of the molecule is CC(CCCO)NCC(=O)NC(C)C(C)C. The standard InChI is InChI=1S/C12H26N2O2/c1-9(2)11(4)14-12(16)8-13-10(3)6-5-7-15/h9-11,13,15H,5-8H2,1-4H3,(H,14,16). The lowest BCUT2D eigenvalue weighted by molar-refractivity contribution is -0.121. The first-order valence-corrected chi connectivity index (χ1v) is 6.11. The Labute approximate surface area is 98.8 Å². The van der Waals surface area contributed by atoms with Crippen LogP contribution in [0.4, 0.5) is 0 Å². The molecule has 0 aliphatic carbocycles. The highest BCUT2D eigenvalue weighted by molar-refractivity contribution is 5.78. The third-order valence-corrected chi connectivity index (χ3v) is 2.79. The van der Waals surface area contributed by atoms with Crippen LogP contribution in [0.1, 0.15) is 40.5 Å². The second-order valence-corrected chi connectivity index (χ2v) is 4.75. The largest absolute Gasteiger partial charge is 0.396 e. The Bertz CT molecular complexity index is 195. The first-order valence-electron chi connectivity index (χ1n) is 6.11. The fourth-order valence-corrected chi connectivity index (χ4v) is 1.24. The Morgan fingerprint density at radius 1 is 1.25 bits per heavy atom. The van der Waals surface area contributed by atoms with Crippen LogP contribution in [0.15, 0.2) is 0 Å². The van der Waals surface area contributed by atoms with Gasteiger partial charge in [-0.25, -0.2) is 0 Å². The third kappa shape index (κ3) is 7.65. The predicted octanol–water partition coefficient (Wildman–Crippen LogP) is 0.898. The summed E-state index contributed by atoms with van der Waals surface area (Å²) < 4.78 is 0. The highest BCUT2D eigenvalue weighted by Crippen LogP contribution is 1.99. The molecule has 0 saturated carbocycles. The van der Waals surface area contributed by atoms with Crippen molar-refractivity contribution in [3.8, 4) is 0 Å². The molecule has 0 aromatic heterocycles. The summed E-state index contributed by atoms with van der Waals surface area (Å²) in [6.07, 6.45) is 1.67. The Morgan fingerprint density at radius 2 is 1.88 bits per heavy atom. The van der Waals surface area contributed by atoms with Gasteiger partial charge in [0.25, 0.3) is 0 Å². The average Bonchev–Trinajstić information content (AvgIpc) is 2.23. The van der Waals surface area contributed by atoms with E-state index in [4.69, 9.17) is 5.11 Å². The van der Waals surface area contributed by atoms with Gasteiger partial charge in [-0.05, 0) is 32.6 Å². The van der Waals surface area contributed by atoms with Crippen molar-refractivity contribution >= 4 is 5.91 Å². The van der Waals surface area contributed by atoms with E-state index in [1.165, 1.54) is 0 Å². The molecule has 0 fully saturated rings. The van der Waals surface area contributed by atoms with Crippen LogP contribution in [-0.4, -0.2) is 36.2 Å². The van der Waals surface area contributed by atoms with E-state index in [0.717, 1.165) is 12.8 Å². The van der Waals surface area contributed by atoms with Crippen LogP contribution in [0.2, 0.25) is 0 Å². The van der Waals surface area contributed by atoms with Crippen LogP contribution < -0.4 is 10.6 Å². The maximum Gasteiger partial charge on any atom is 0.234 e. The topological polar surface area (TPSA) is 61.4 Å². The summed E-state index contributed by atoms with van der Waals surface area (Å²) >= 11 is 0. The highest BCUT2D eigenvalue weighted by atomic mass is 16.2. The zero-order valence-electron chi connectivity index (χ0n) is 10.9. The van der Waals surface area contributed by atoms with Gasteiger partial charge in [-0.3, -0.25) is 4.79 Å². The summed E-state index contributed by atoms with van der Waals surface area (Å²) in [5, 5.41) is 14.7. The van der Waals surface area contributed by atoms with E-state index in [2.05, 4.69) is 24.5 Å². The van der Waals surface area contributed by atoms with Gasteiger partial charge in [0.2, 0.25) is 5.91 Å². The summed E-state index contributed by atoms with van der Waals surface area (Å²) in [7, 11) is 0. The molecule has 3 N–H and O–H groups in total. The lowest BCUT2D eigenvalue weighted by Gasteiger charge is -2.19. The molecule has 16 heavy (non-hydrogen) atoms. The van der Waals surface area contributed by atoms with E-state index in [-0.39, 0.29) is 24.6 Å². The van der Waals surface area contributed by atoms with Crippen molar-refractivity contribution in [2.75, 3.05) is 13.2 Å². The number of carbonyl (C=O) groups is 1. The smallest absolute Gasteiger partial charge is 0.234 e. The van der Waals surface area contributed by atoms with E-state index in [1.807, 2.05) is 13.8 Å². The average molecular weight is 230 g/mol. The van der Waals surface area contributed by atoms with Crippen molar-refractivity contribution in [3.63, 3.8) is 0 Å². The Balaban J connectivity index is 3.64. The fourth-order valence-electron chi connectivity index (χ4n) is 1.24. The molecule has 0 radical (unpaired) electrons. The zero-order chi connectivity index (χ0) is 12.6. The number of aliphatic hydroxyl groups excluding tert-OH is 1. The second kappa shape index (κ2) is 8.53. The van der Waals surface area contributed by atoms with Crippen molar-refractivity contribution in [2.24, 2.45) is 5.92 Å². The van der Waals surface area contributed by atoms with Crippen LogP contribution in [-0.2, 0) is 4.79 Å². The summed E-state index contributed by atoms with van der Waals surface area (Å²) in [5.74, 6) is 0.493. The van der Waals surface area contributed by atoms with Crippen molar-refractivity contribution in [3.05, 3.63) is 0 Å². The van der Waals surface area contributed by atoms with Crippen molar-refractivity contribution in [1.82, 2.24) is 10.6 Å². The normalized spacial score (nSPS) is 14.9. The van der Waals surface area contributed by atoms with Gasteiger partial charge in [0, 0.05) is 18.7 Å². The molecule has 0 heterocycles. The van der Waals surface area contributed by atoms with Crippen LogP contribution >= 0.6 is 0 Å². The lowest BCUT2D eigenvalue weighted by atomic mass is 10.1. The van der Waals surface area contributed by atoms with Gasteiger partial charge in [-0.1, -0.05) is 13.8 Å². The number of carbonyl (C=O) groups excluding carboxylic acids is 1. The summed E-state index contributed by atoms with van der Waals surface area (Å²) in [6.45, 7) is 8.77. The van der Waals surface area contributed by atoms with E-state index in [0.29, 0.717) is 12.5 Å². The molecule has 2 atom stereocenters. The monoisotopic (exact) mass is 230 g/mol.